The van der Waals surface area contributed by atoms with E-state index >= 15 is 0 Å². The van der Waals surface area contributed by atoms with Gasteiger partial charge in [-0.25, -0.2) is 9.97 Å². The Labute approximate surface area is 288 Å². The number of hydrogen-bond acceptors (Lipinski definition) is 3. The van der Waals surface area contributed by atoms with Crippen molar-refractivity contribution in [2.75, 3.05) is 0 Å². The van der Waals surface area contributed by atoms with Crippen LogP contribution in [0.4, 0.5) is 0 Å². The summed E-state index contributed by atoms with van der Waals surface area (Å²) < 4.78 is 8.69. The first-order valence-corrected chi connectivity index (χ1v) is 16.8. The molecule has 7 aromatic carbocycles. The van der Waals surface area contributed by atoms with Crippen LogP contribution < -0.4 is 0 Å². The molecule has 10 aromatic rings. The molecular weight excluding hydrogens is 611 g/mol. The average Bonchev–Trinajstić information content (AvgIpc) is 3.73. The zero-order valence-corrected chi connectivity index (χ0v) is 27.0. The number of aromatic nitrogens is 3. The van der Waals surface area contributed by atoms with Gasteiger partial charge in [-0.2, -0.15) is 0 Å². The van der Waals surface area contributed by atoms with Gasteiger partial charge in [-0.3, -0.25) is 0 Å². The summed E-state index contributed by atoms with van der Waals surface area (Å²) in [7, 11) is 0. The maximum Gasteiger partial charge on any atom is 0.160 e. The van der Waals surface area contributed by atoms with Crippen LogP contribution in [0.2, 0.25) is 0 Å². The first kappa shape index (κ1) is 28.3. The maximum atomic E-state index is 6.34. The molecule has 0 atom stereocenters. The number of para-hydroxylation sites is 1. The molecule has 0 aliphatic heterocycles. The van der Waals surface area contributed by atoms with E-state index in [1.54, 1.807) is 0 Å². The number of fused-ring (bicyclic) bond motifs is 6. The number of nitrogens with zero attached hydrogens (tertiary/aromatic N) is 3. The third-order valence-corrected chi connectivity index (χ3v) is 9.62. The van der Waals surface area contributed by atoms with Gasteiger partial charge in [-0.15, -0.1) is 0 Å². The van der Waals surface area contributed by atoms with Crippen LogP contribution in [0.15, 0.2) is 180 Å². The molecule has 0 fully saturated rings. The smallest absolute Gasteiger partial charge is 0.160 e. The van der Waals surface area contributed by atoms with Crippen molar-refractivity contribution in [3.05, 3.63) is 176 Å². The lowest BCUT2D eigenvalue weighted by atomic mass is 10.0. The fraction of sp³-hybridized carbons (Fsp3) is 0. The predicted molar refractivity (Wildman–Crippen MR) is 205 cm³/mol. The summed E-state index contributed by atoms with van der Waals surface area (Å²) in [6, 6.07) is 61.4. The summed E-state index contributed by atoms with van der Waals surface area (Å²) in [4.78, 5) is 10.3. The standard InChI is InChI=1S/C46H29N3O/c1-4-12-30(13-5-1)33-21-24-44-38(26-33)39-28-35(22-25-45(39)50-44)49-42-19-11-10-18-36(42)37-23-20-34(27-43(37)49)46-47-40(31-14-6-2-7-15-31)29-41(48-46)32-16-8-3-9-17-32/h1-29H. The van der Waals surface area contributed by atoms with Gasteiger partial charge in [0.25, 0.3) is 0 Å². The van der Waals surface area contributed by atoms with Gasteiger partial charge in [-0.1, -0.05) is 127 Å². The molecule has 3 heterocycles. The number of furan rings is 1. The molecule has 234 valence electrons. The van der Waals surface area contributed by atoms with E-state index in [-0.39, 0.29) is 0 Å². The Kier molecular flexibility index (Phi) is 6.46. The second-order valence-corrected chi connectivity index (χ2v) is 12.6. The van der Waals surface area contributed by atoms with Crippen molar-refractivity contribution in [3.63, 3.8) is 0 Å². The fourth-order valence-electron chi connectivity index (χ4n) is 7.19. The minimum Gasteiger partial charge on any atom is -0.456 e. The van der Waals surface area contributed by atoms with Crippen LogP contribution in [0.25, 0.3) is 94.5 Å². The fourth-order valence-corrected chi connectivity index (χ4v) is 7.19. The maximum absolute atomic E-state index is 6.34. The average molecular weight is 640 g/mol. The Hall–Kier alpha value is -6.78. The molecule has 0 aliphatic carbocycles. The molecule has 50 heavy (non-hydrogen) atoms. The van der Waals surface area contributed by atoms with Crippen molar-refractivity contribution in [2.24, 2.45) is 0 Å². The predicted octanol–water partition coefficient (Wildman–Crippen LogP) is 12.1. The second kappa shape index (κ2) is 11.4. The Morgan fingerprint density at radius 1 is 0.360 bits per heavy atom. The van der Waals surface area contributed by atoms with Gasteiger partial charge >= 0.3 is 0 Å². The molecule has 0 aliphatic rings. The van der Waals surface area contributed by atoms with Crippen molar-refractivity contribution in [2.45, 2.75) is 0 Å². The van der Waals surface area contributed by atoms with Crippen LogP contribution in [0.5, 0.6) is 0 Å². The Balaban J connectivity index is 1.18. The molecule has 3 aromatic heterocycles. The molecule has 0 spiro atoms. The highest BCUT2D eigenvalue weighted by atomic mass is 16.3. The summed E-state index contributed by atoms with van der Waals surface area (Å²) in [6.07, 6.45) is 0. The lowest BCUT2D eigenvalue weighted by molar-refractivity contribution is 0.669. The lowest BCUT2D eigenvalue weighted by Crippen LogP contribution is -1.97. The molecular formula is C46H29N3O. The normalized spacial score (nSPS) is 11.6. The monoisotopic (exact) mass is 639 g/mol. The number of rotatable bonds is 5. The van der Waals surface area contributed by atoms with E-state index in [1.807, 2.05) is 42.5 Å². The topological polar surface area (TPSA) is 43.9 Å². The zero-order valence-electron chi connectivity index (χ0n) is 27.0. The van der Waals surface area contributed by atoms with Gasteiger partial charge in [0.15, 0.2) is 5.82 Å². The Morgan fingerprint density at radius 3 is 1.62 bits per heavy atom. The first-order chi connectivity index (χ1) is 24.8. The van der Waals surface area contributed by atoms with E-state index in [1.165, 1.54) is 21.9 Å². The van der Waals surface area contributed by atoms with Crippen molar-refractivity contribution in [3.8, 4) is 50.7 Å². The lowest BCUT2D eigenvalue weighted by Gasteiger charge is -2.11. The van der Waals surface area contributed by atoms with Gasteiger partial charge in [0, 0.05) is 43.9 Å². The quantitative estimate of drug-likeness (QED) is 0.188. The molecule has 10 rings (SSSR count). The van der Waals surface area contributed by atoms with Crippen molar-refractivity contribution in [1.29, 1.82) is 0 Å². The van der Waals surface area contributed by atoms with E-state index < -0.39 is 0 Å². The summed E-state index contributed by atoms with van der Waals surface area (Å²) in [5.74, 6) is 0.689. The zero-order chi connectivity index (χ0) is 33.0. The van der Waals surface area contributed by atoms with Gasteiger partial charge in [-0.05, 0) is 59.7 Å². The van der Waals surface area contributed by atoms with Crippen molar-refractivity contribution in [1.82, 2.24) is 14.5 Å². The van der Waals surface area contributed by atoms with E-state index in [0.717, 1.165) is 66.7 Å². The van der Waals surface area contributed by atoms with Crippen molar-refractivity contribution >= 4 is 43.7 Å². The SMILES string of the molecule is c1ccc(-c2ccc3oc4ccc(-n5c6ccccc6c6ccc(-c7nc(-c8ccccc8)cc(-c8ccccc8)n7)cc65)cc4c3c2)cc1. The highest BCUT2D eigenvalue weighted by Crippen LogP contribution is 2.38. The number of hydrogen-bond donors (Lipinski definition) is 0. The van der Waals surface area contributed by atoms with E-state index in [9.17, 15) is 0 Å². The van der Waals surface area contributed by atoms with E-state index in [4.69, 9.17) is 14.4 Å². The summed E-state index contributed by atoms with van der Waals surface area (Å²) in [6.45, 7) is 0. The molecule has 0 amide bonds. The van der Waals surface area contributed by atoms with Gasteiger partial charge in [0.05, 0.1) is 22.4 Å². The summed E-state index contributed by atoms with van der Waals surface area (Å²) in [5.41, 5.74) is 12.3. The van der Waals surface area contributed by atoms with E-state index in [2.05, 4.69) is 138 Å². The Morgan fingerprint density at radius 2 is 0.920 bits per heavy atom. The molecule has 0 N–H and O–H groups in total. The third-order valence-electron chi connectivity index (χ3n) is 9.62. The molecule has 4 nitrogen and oxygen atoms in total. The molecule has 0 bridgehead atoms. The summed E-state index contributed by atoms with van der Waals surface area (Å²) >= 11 is 0. The minimum atomic E-state index is 0.689. The first-order valence-electron chi connectivity index (χ1n) is 16.8. The molecule has 4 heteroatoms. The molecule has 0 saturated carbocycles. The highest BCUT2D eigenvalue weighted by Gasteiger charge is 2.17. The number of benzene rings is 7. The van der Waals surface area contributed by atoms with Crippen LogP contribution in [0, 0.1) is 0 Å². The van der Waals surface area contributed by atoms with Crippen LogP contribution in [0.3, 0.4) is 0 Å². The minimum absolute atomic E-state index is 0.689. The summed E-state index contributed by atoms with van der Waals surface area (Å²) in [5, 5.41) is 4.56. The van der Waals surface area contributed by atoms with Crippen molar-refractivity contribution < 1.29 is 4.42 Å². The molecule has 0 radical (unpaired) electrons. The second-order valence-electron chi connectivity index (χ2n) is 12.6. The molecule has 0 unspecified atom stereocenters. The van der Waals surface area contributed by atoms with Gasteiger partial charge < -0.3 is 8.98 Å². The Bertz CT molecular complexity index is 2800. The third kappa shape index (κ3) is 4.69. The van der Waals surface area contributed by atoms with Gasteiger partial charge in [0.2, 0.25) is 0 Å². The largest absolute Gasteiger partial charge is 0.456 e. The highest BCUT2D eigenvalue weighted by molar-refractivity contribution is 6.11. The van der Waals surface area contributed by atoms with Gasteiger partial charge in [0.1, 0.15) is 11.2 Å². The van der Waals surface area contributed by atoms with E-state index in [0.29, 0.717) is 5.82 Å². The molecule has 0 saturated heterocycles. The van der Waals surface area contributed by atoms with Crippen LogP contribution in [-0.2, 0) is 0 Å². The van der Waals surface area contributed by atoms with Crippen LogP contribution in [0.1, 0.15) is 0 Å². The van der Waals surface area contributed by atoms with Crippen LogP contribution >= 0.6 is 0 Å². The van der Waals surface area contributed by atoms with Crippen LogP contribution in [-0.4, -0.2) is 14.5 Å².